The lowest BCUT2D eigenvalue weighted by atomic mass is 10.0. The van der Waals surface area contributed by atoms with Crippen LogP contribution >= 0.6 is 11.3 Å². The Balaban J connectivity index is 1.45. The van der Waals surface area contributed by atoms with Crippen molar-refractivity contribution in [3.05, 3.63) is 70.4 Å². The average Bonchev–Trinajstić information content (AvgIpc) is 3.09. The molecule has 2 aromatic carbocycles. The zero-order chi connectivity index (χ0) is 17.1. The molecule has 25 heavy (non-hydrogen) atoms. The lowest BCUT2D eigenvalue weighted by Crippen LogP contribution is -3.11. The highest BCUT2D eigenvalue weighted by Gasteiger charge is 2.23. The lowest BCUT2D eigenvalue weighted by Gasteiger charge is -2.20. The van der Waals surface area contributed by atoms with Crippen molar-refractivity contribution in [2.24, 2.45) is 0 Å². The molecule has 0 spiro atoms. The zero-order valence-corrected chi connectivity index (χ0v) is 15.1. The summed E-state index contributed by atoms with van der Waals surface area (Å²) >= 11 is 1.54. The van der Waals surface area contributed by atoms with Crippen LogP contribution in [0.5, 0.6) is 0 Å². The van der Waals surface area contributed by atoms with Gasteiger partial charge in [-0.15, -0.1) is 11.3 Å². The Morgan fingerprint density at radius 3 is 2.76 bits per heavy atom. The van der Waals surface area contributed by atoms with Gasteiger partial charge in [0, 0.05) is 18.5 Å². The third-order valence-electron chi connectivity index (χ3n) is 5.03. The molecular weight excluding hydrogens is 328 g/mol. The number of quaternary nitrogens is 1. The first kappa shape index (κ1) is 16.3. The van der Waals surface area contributed by atoms with Crippen molar-refractivity contribution in [1.29, 1.82) is 0 Å². The van der Waals surface area contributed by atoms with Crippen LogP contribution in [0.1, 0.15) is 21.7 Å². The molecule has 1 aliphatic rings. The number of carbonyl (C=O) groups is 1. The number of hydrogen-bond donors (Lipinski definition) is 1. The summed E-state index contributed by atoms with van der Waals surface area (Å²) in [6.45, 7) is 4.88. The summed E-state index contributed by atoms with van der Waals surface area (Å²) in [7, 11) is 0. The molecule has 0 radical (unpaired) electrons. The number of carbonyl (C=O) groups excluding carboxylic acids is 1. The summed E-state index contributed by atoms with van der Waals surface area (Å²) in [5.74, 6) is 0.196. The topological polar surface area (TPSA) is 24.8 Å². The van der Waals surface area contributed by atoms with E-state index < -0.39 is 0 Å². The minimum atomic E-state index is 0.196. The Kier molecular flexibility index (Phi) is 4.81. The van der Waals surface area contributed by atoms with Gasteiger partial charge in [0.25, 0.3) is 5.91 Å². The summed E-state index contributed by atoms with van der Waals surface area (Å²) < 4.78 is 0. The second-order valence-corrected chi connectivity index (χ2v) is 7.64. The Morgan fingerprint density at radius 2 is 1.88 bits per heavy atom. The third kappa shape index (κ3) is 3.60. The second-order valence-electron chi connectivity index (χ2n) is 6.69. The van der Waals surface area contributed by atoms with Gasteiger partial charge in [0.2, 0.25) is 0 Å². The smallest absolute Gasteiger partial charge is 0.264 e. The maximum Gasteiger partial charge on any atom is 0.264 e. The van der Waals surface area contributed by atoms with E-state index in [2.05, 4.69) is 42.5 Å². The van der Waals surface area contributed by atoms with E-state index in [9.17, 15) is 4.79 Å². The molecule has 4 rings (SSSR count). The highest BCUT2D eigenvalue weighted by atomic mass is 32.1. The molecular formula is C21H23N2OS+. The van der Waals surface area contributed by atoms with Gasteiger partial charge in [-0.1, -0.05) is 48.5 Å². The molecule has 1 amide bonds. The molecule has 4 heteroatoms. The molecule has 3 nitrogen and oxygen atoms in total. The number of amides is 1. The lowest BCUT2D eigenvalue weighted by molar-refractivity contribution is -0.911. The van der Waals surface area contributed by atoms with Crippen LogP contribution < -0.4 is 4.90 Å². The summed E-state index contributed by atoms with van der Waals surface area (Å²) in [5, 5.41) is 4.64. The van der Waals surface area contributed by atoms with E-state index in [-0.39, 0.29) is 5.91 Å². The quantitative estimate of drug-likeness (QED) is 0.771. The highest BCUT2D eigenvalue weighted by Crippen LogP contribution is 2.18. The molecule has 0 bridgehead atoms. The van der Waals surface area contributed by atoms with E-state index in [1.165, 1.54) is 27.7 Å². The Morgan fingerprint density at radius 1 is 1.00 bits per heavy atom. The third-order valence-corrected chi connectivity index (χ3v) is 5.89. The monoisotopic (exact) mass is 351 g/mol. The van der Waals surface area contributed by atoms with Gasteiger partial charge in [0.05, 0.1) is 24.5 Å². The normalized spacial score (nSPS) is 18.2. The predicted molar refractivity (Wildman–Crippen MR) is 103 cm³/mol. The van der Waals surface area contributed by atoms with Crippen LogP contribution in [0.25, 0.3) is 10.8 Å². The first-order valence-corrected chi connectivity index (χ1v) is 9.82. The van der Waals surface area contributed by atoms with Gasteiger partial charge in [-0.05, 0) is 22.2 Å². The average molecular weight is 351 g/mol. The van der Waals surface area contributed by atoms with Crippen molar-refractivity contribution in [2.45, 2.75) is 13.0 Å². The van der Waals surface area contributed by atoms with Gasteiger partial charge in [-0.3, -0.25) is 4.79 Å². The SMILES string of the molecule is O=C(c1cccs1)N1CCC[NH+](Cc2cccc3ccccc23)CC1. The Bertz CT molecular complexity index is 854. The van der Waals surface area contributed by atoms with Crippen LogP contribution in [0.4, 0.5) is 0 Å². The minimum absolute atomic E-state index is 0.196. The molecule has 1 fully saturated rings. The highest BCUT2D eigenvalue weighted by molar-refractivity contribution is 7.12. The summed E-state index contributed by atoms with van der Waals surface area (Å²) in [4.78, 5) is 17.0. The van der Waals surface area contributed by atoms with E-state index in [0.717, 1.165) is 44.0 Å². The minimum Gasteiger partial charge on any atom is -0.332 e. The Labute approximate surface area is 152 Å². The number of rotatable bonds is 3. The van der Waals surface area contributed by atoms with E-state index >= 15 is 0 Å². The van der Waals surface area contributed by atoms with Crippen LogP contribution in [0.3, 0.4) is 0 Å². The van der Waals surface area contributed by atoms with E-state index in [4.69, 9.17) is 0 Å². The number of benzene rings is 2. The molecule has 1 atom stereocenters. The fourth-order valence-corrected chi connectivity index (χ4v) is 4.39. The molecule has 3 aromatic rings. The van der Waals surface area contributed by atoms with Crippen LogP contribution in [-0.2, 0) is 6.54 Å². The largest absolute Gasteiger partial charge is 0.332 e. The van der Waals surface area contributed by atoms with Crippen LogP contribution in [-0.4, -0.2) is 37.0 Å². The van der Waals surface area contributed by atoms with Crippen molar-refractivity contribution >= 4 is 28.0 Å². The van der Waals surface area contributed by atoms with Crippen molar-refractivity contribution in [1.82, 2.24) is 4.90 Å². The van der Waals surface area contributed by atoms with Gasteiger partial charge < -0.3 is 9.80 Å². The van der Waals surface area contributed by atoms with Crippen LogP contribution in [0.2, 0.25) is 0 Å². The summed E-state index contributed by atoms with van der Waals surface area (Å²) in [6.07, 6.45) is 1.07. The van der Waals surface area contributed by atoms with Crippen molar-refractivity contribution < 1.29 is 9.69 Å². The van der Waals surface area contributed by atoms with E-state index in [1.807, 2.05) is 22.4 Å². The van der Waals surface area contributed by atoms with E-state index in [1.54, 1.807) is 4.90 Å². The summed E-state index contributed by atoms with van der Waals surface area (Å²) in [5.41, 5.74) is 1.41. The van der Waals surface area contributed by atoms with Crippen LogP contribution in [0, 0.1) is 0 Å². The van der Waals surface area contributed by atoms with Crippen molar-refractivity contribution in [3.63, 3.8) is 0 Å². The number of fused-ring (bicyclic) bond motifs is 1. The first-order chi connectivity index (χ1) is 12.3. The van der Waals surface area contributed by atoms with Gasteiger partial charge >= 0.3 is 0 Å². The van der Waals surface area contributed by atoms with Crippen molar-refractivity contribution in [2.75, 3.05) is 26.2 Å². The van der Waals surface area contributed by atoms with Gasteiger partial charge in [-0.2, -0.15) is 0 Å². The number of hydrogen-bond acceptors (Lipinski definition) is 2. The van der Waals surface area contributed by atoms with Gasteiger partial charge in [0.15, 0.2) is 0 Å². The molecule has 128 valence electrons. The molecule has 1 aliphatic heterocycles. The first-order valence-electron chi connectivity index (χ1n) is 8.94. The van der Waals surface area contributed by atoms with Crippen molar-refractivity contribution in [3.8, 4) is 0 Å². The van der Waals surface area contributed by atoms with E-state index in [0.29, 0.717) is 0 Å². The molecule has 1 saturated heterocycles. The standard InChI is InChI=1S/C21H22N2OS/c24-21(20-10-4-15-25-20)23-12-5-11-22(13-14-23)16-18-8-3-7-17-6-1-2-9-19(17)18/h1-4,6-10,15H,5,11-14,16H2/p+1. The second kappa shape index (κ2) is 7.38. The Hall–Kier alpha value is -2.17. The fraction of sp³-hybridized carbons (Fsp3) is 0.286. The number of thiophene rings is 1. The van der Waals surface area contributed by atoms with Gasteiger partial charge in [0.1, 0.15) is 6.54 Å². The van der Waals surface area contributed by atoms with Crippen LogP contribution in [0.15, 0.2) is 60.0 Å². The predicted octanol–water partition coefficient (Wildman–Crippen LogP) is 2.83. The molecule has 1 N–H and O–H groups in total. The fourth-order valence-electron chi connectivity index (χ4n) is 3.70. The maximum atomic E-state index is 12.6. The number of nitrogens with one attached hydrogen (secondary N) is 1. The molecule has 1 aromatic heterocycles. The molecule has 2 heterocycles. The molecule has 0 aliphatic carbocycles. The molecule has 0 saturated carbocycles. The maximum absolute atomic E-state index is 12.6. The molecule has 1 unspecified atom stereocenters. The van der Waals surface area contributed by atoms with Gasteiger partial charge in [-0.25, -0.2) is 0 Å². The number of nitrogens with zero attached hydrogens (tertiary/aromatic N) is 1. The zero-order valence-electron chi connectivity index (χ0n) is 14.3. The summed E-state index contributed by atoms with van der Waals surface area (Å²) in [6, 6.07) is 19.1.